The van der Waals surface area contributed by atoms with E-state index in [1.54, 1.807) is 0 Å². The lowest BCUT2D eigenvalue weighted by Crippen LogP contribution is -2.26. The normalized spacial score (nSPS) is 12.8. The molecule has 0 aromatic heterocycles. The van der Waals surface area contributed by atoms with Gasteiger partial charge in [-0.1, -0.05) is 27.5 Å². The molecule has 1 aromatic rings. The fourth-order valence-electron chi connectivity index (χ4n) is 1.26. The van der Waals surface area contributed by atoms with Gasteiger partial charge in [-0.2, -0.15) is 0 Å². The first-order chi connectivity index (χ1) is 7.13. The van der Waals surface area contributed by atoms with E-state index >= 15 is 0 Å². The second-order valence-electron chi connectivity index (χ2n) is 3.53. The van der Waals surface area contributed by atoms with Crippen molar-refractivity contribution in [1.29, 1.82) is 0 Å². The standard InChI is InChI=1S/C11H15BrClNO/c1-8(4-5-15)14-7-9-6-10(13)2-3-11(9)12/h2-3,6,8,14-15H,4-5,7H2,1H3. The van der Waals surface area contributed by atoms with Crippen LogP contribution in [0.3, 0.4) is 0 Å². The molecule has 0 bridgehead atoms. The van der Waals surface area contributed by atoms with Gasteiger partial charge in [0.2, 0.25) is 0 Å². The molecule has 0 saturated heterocycles. The van der Waals surface area contributed by atoms with Crippen LogP contribution in [0.15, 0.2) is 22.7 Å². The second-order valence-corrected chi connectivity index (χ2v) is 4.82. The van der Waals surface area contributed by atoms with Gasteiger partial charge < -0.3 is 10.4 Å². The molecular weight excluding hydrogens is 277 g/mol. The fourth-order valence-corrected chi connectivity index (χ4v) is 1.84. The molecule has 0 fully saturated rings. The summed E-state index contributed by atoms with van der Waals surface area (Å²) in [5.74, 6) is 0. The van der Waals surface area contributed by atoms with Crippen molar-refractivity contribution in [1.82, 2.24) is 5.32 Å². The molecule has 0 saturated carbocycles. The van der Waals surface area contributed by atoms with E-state index in [-0.39, 0.29) is 6.61 Å². The van der Waals surface area contributed by atoms with Crippen LogP contribution in [0.1, 0.15) is 18.9 Å². The summed E-state index contributed by atoms with van der Waals surface area (Å²) in [7, 11) is 0. The molecule has 0 aliphatic heterocycles. The number of hydrogen-bond donors (Lipinski definition) is 2. The first-order valence-electron chi connectivity index (χ1n) is 4.91. The zero-order valence-corrected chi connectivity index (χ0v) is 11.0. The fraction of sp³-hybridized carbons (Fsp3) is 0.455. The molecule has 1 rings (SSSR count). The lowest BCUT2D eigenvalue weighted by molar-refractivity contribution is 0.268. The van der Waals surface area contributed by atoms with Crippen molar-refractivity contribution >= 4 is 27.5 Å². The number of rotatable bonds is 5. The minimum absolute atomic E-state index is 0.213. The predicted molar refractivity (Wildman–Crippen MR) is 67.2 cm³/mol. The summed E-state index contributed by atoms with van der Waals surface area (Å²) in [6.07, 6.45) is 0.762. The van der Waals surface area contributed by atoms with Crippen LogP contribution < -0.4 is 5.32 Å². The monoisotopic (exact) mass is 291 g/mol. The molecule has 2 N–H and O–H groups in total. The smallest absolute Gasteiger partial charge is 0.0445 e. The van der Waals surface area contributed by atoms with Gasteiger partial charge in [0, 0.05) is 28.7 Å². The number of aliphatic hydroxyl groups is 1. The third kappa shape index (κ3) is 4.51. The zero-order valence-electron chi connectivity index (χ0n) is 8.63. The highest BCUT2D eigenvalue weighted by Gasteiger charge is 2.03. The Morgan fingerprint density at radius 2 is 2.27 bits per heavy atom. The number of hydrogen-bond acceptors (Lipinski definition) is 2. The van der Waals surface area contributed by atoms with Gasteiger partial charge in [-0.25, -0.2) is 0 Å². The van der Waals surface area contributed by atoms with Crippen LogP contribution >= 0.6 is 27.5 Å². The Kier molecular flexibility index (Phi) is 5.61. The third-order valence-electron chi connectivity index (χ3n) is 2.21. The van der Waals surface area contributed by atoms with Crippen LogP contribution in [0.25, 0.3) is 0 Å². The zero-order chi connectivity index (χ0) is 11.3. The van der Waals surface area contributed by atoms with Gasteiger partial charge in [0.25, 0.3) is 0 Å². The van der Waals surface area contributed by atoms with Gasteiger partial charge >= 0.3 is 0 Å². The van der Waals surface area contributed by atoms with Crippen molar-refractivity contribution in [3.8, 4) is 0 Å². The predicted octanol–water partition coefficient (Wildman–Crippen LogP) is 2.96. The molecule has 0 aliphatic carbocycles. The average molecular weight is 293 g/mol. The Morgan fingerprint density at radius 1 is 1.53 bits per heavy atom. The first kappa shape index (κ1) is 13.0. The Morgan fingerprint density at radius 3 is 2.93 bits per heavy atom. The molecule has 0 amide bonds. The van der Waals surface area contributed by atoms with E-state index in [0.29, 0.717) is 6.04 Å². The molecule has 0 spiro atoms. The minimum Gasteiger partial charge on any atom is -0.396 e. The summed E-state index contributed by atoms with van der Waals surface area (Å²) in [6, 6.07) is 6.04. The van der Waals surface area contributed by atoms with Gasteiger partial charge in [-0.3, -0.25) is 0 Å². The van der Waals surface area contributed by atoms with Crippen LogP contribution in [-0.4, -0.2) is 17.8 Å². The molecule has 0 aliphatic rings. The molecule has 4 heteroatoms. The van der Waals surface area contributed by atoms with Gasteiger partial charge in [-0.05, 0) is 37.1 Å². The van der Waals surface area contributed by atoms with E-state index in [9.17, 15) is 0 Å². The van der Waals surface area contributed by atoms with E-state index in [1.807, 2.05) is 18.2 Å². The van der Waals surface area contributed by atoms with Gasteiger partial charge in [-0.15, -0.1) is 0 Å². The Labute approximate surface area is 104 Å². The van der Waals surface area contributed by atoms with E-state index in [1.165, 1.54) is 0 Å². The average Bonchev–Trinajstić information content (AvgIpc) is 2.20. The van der Waals surface area contributed by atoms with Crippen molar-refractivity contribution in [3.63, 3.8) is 0 Å². The van der Waals surface area contributed by atoms with Crippen LogP contribution in [0, 0.1) is 0 Å². The highest BCUT2D eigenvalue weighted by Crippen LogP contribution is 2.21. The van der Waals surface area contributed by atoms with Crippen molar-refractivity contribution in [2.45, 2.75) is 25.9 Å². The maximum atomic E-state index is 8.76. The largest absolute Gasteiger partial charge is 0.396 e. The Balaban J connectivity index is 2.53. The van der Waals surface area contributed by atoms with Crippen molar-refractivity contribution in [3.05, 3.63) is 33.3 Å². The highest BCUT2D eigenvalue weighted by atomic mass is 79.9. The van der Waals surface area contributed by atoms with Gasteiger partial charge in [0.1, 0.15) is 0 Å². The topological polar surface area (TPSA) is 32.3 Å². The molecule has 1 unspecified atom stereocenters. The summed E-state index contributed by atoms with van der Waals surface area (Å²) < 4.78 is 1.05. The van der Waals surface area contributed by atoms with E-state index in [4.69, 9.17) is 16.7 Å². The van der Waals surface area contributed by atoms with E-state index < -0.39 is 0 Å². The maximum Gasteiger partial charge on any atom is 0.0445 e. The molecule has 15 heavy (non-hydrogen) atoms. The molecule has 0 radical (unpaired) electrons. The highest BCUT2D eigenvalue weighted by molar-refractivity contribution is 9.10. The molecule has 1 aromatic carbocycles. The molecule has 1 atom stereocenters. The number of nitrogens with one attached hydrogen (secondary N) is 1. The van der Waals surface area contributed by atoms with Crippen LogP contribution in [0.5, 0.6) is 0 Å². The van der Waals surface area contributed by atoms with Gasteiger partial charge in [0.15, 0.2) is 0 Å². The SMILES string of the molecule is CC(CCO)NCc1cc(Cl)ccc1Br. The summed E-state index contributed by atoms with van der Waals surface area (Å²) >= 11 is 9.38. The van der Waals surface area contributed by atoms with Crippen LogP contribution in [0.2, 0.25) is 5.02 Å². The van der Waals surface area contributed by atoms with Crippen LogP contribution in [-0.2, 0) is 6.54 Å². The number of benzene rings is 1. The second kappa shape index (κ2) is 6.48. The molecule has 2 nitrogen and oxygen atoms in total. The summed E-state index contributed by atoms with van der Waals surface area (Å²) in [5, 5.41) is 12.8. The quantitative estimate of drug-likeness (QED) is 0.874. The minimum atomic E-state index is 0.213. The molecule has 84 valence electrons. The Bertz CT molecular complexity index is 319. The lowest BCUT2D eigenvalue weighted by Gasteiger charge is -2.13. The lowest BCUT2D eigenvalue weighted by atomic mass is 10.2. The van der Waals surface area contributed by atoms with E-state index in [0.717, 1.165) is 28.0 Å². The summed E-state index contributed by atoms with van der Waals surface area (Å²) in [6.45, 7) is 3.02. The van der Waals surface area contributed by atoms with Crippen molar-refractivity contribution in [2.24, 2.45) is 0 Å². The Hall–Kier alpha value is -0.0900. The van der Waals surface area contributed by atoms with Crippen molar-refractivity contribution in [2.75, 3.05) is 6.61 Å². The summed E-state index contributed by atoms with van der Waals surface area (Å²) in [4.78, 5) is 0. The maximum absolute atomic E-state index is 8.76. The van der Waals surface area contributed by atoms with E-state index in [2.05, 4.69) is 28.2 Å². The molecular formula is C11H15BrClNO. The number of halogens is 2. The third-order valence-corrected chi connectivity index (χ3v) is 3.22. The van der Waals surface area contributed by atoms with Crippen LogP contribution in [0.4, 0.5) is 0 Å². The first-order valence-corrected chi connectivity index (χ1v) is 6.08. The number of aliphatic hydroxyl groups excluding tert-OH is 1. The summed E-state index contributed by atoms with van der Waals surface area (Å²) in [5.41, 5.74) is 1.13. The van der Waals surface area contributed by atoms with Crippen molar-refractivity contribution < 1.29 is 5.11 Å². The molecule has 0 heterocycles. The van der Waals surface area contributed by atoms with Gasteiger partial charge in [0.05, 0.1) is 0 Å².